The number of rotatable bonds is 6. The number of benzene rings is 2. The summed E-state index contributed by atoms with van der Waals surface area (Å²) in [5, 5.41) is 13.4. The van der Waals surface area contributed by atoms with E-state index in [9.17, 15) is 4.39 Å². The zero-order valence-electron chi connectivity index (χ0n) is 20.2. The summed E-state index contributed by atoms with van der Waals surface area (Å²) in [5.74, 6) is 1.00. The summed E-state index contributed by atoms with van der Waals surface area (Å²) < 4.78 is 17.3. The molecule has 184 valence electrons. The molecule has 1 aliphatic heterocycles. The molecule has 0 amide bonds. The summed E-state index contributed by atoms with van der Waals surface area (Å²) in [4.78, 5) is 7.02. The number of hydrogen-bond acceptors (Lipinski definition) is 6. The number of hydrogen-bond donors (Lipinski definition) is 2. The Kier molecular flexibility index (Phi) is 5.86. The van der Waals surface area contributed by atoms with Crippen LogP contribution < -0.4 is 11.1 Å². The zero-order chi connectivity index (χ0) is 24.6. The number of anilines is 2. The maximum Gasteiger partial charge on any atom is 0.158 e. The van der Waals surface area contributed by atoms with Crippen molar-refractivity contribution in [2.75, 3.05) is 18.4 Å². The number of piperidine rings is 1. The molecule has 0 spiro atoms. The van der Waals surface area contributed by atoms with Gasteiger partial charge >= 0.3 is 0 Å². The summed E-state index contributed by atoms with van der Waals surface area (Å²) >= 11 is 0. The van der Waals surface area contributed by atoms with Crippen molar-refractivity contribution in [3.8, 4) is 0 Å². The maximum atomic E-state index is 13.6. The smallest absolute Gasteiger partial charge is 0.158 e. The largest absolute Gasteiger partial charge is 0.338 e. The molecule has 8 nitrogen and oxygen atoms in total. The van der Waals surface area contributed by atoms with E-state index in [1.165, 1.54) is 17.7 Å². The van der Waals surface area contributed by atoms with E-state index in [4.69, 9.17) is 5.73 Å². The van der Waals surface area contributed by atoms with E-state index in [1.54, 1.807) is 12.4 Å². The third kappa shape index (κ3) is 4.43. The van der Waals surface area contributed by atoms with Crippen LogP contribution in [-0.2, 0) is 13.1 Å². The van der Waals surface area contributed by atoms with E-state index in [0.29, 0.717) is 12.5 Å². The van der Waals surface area contributed by atoms with Crippen LogP contribution in [0.3, 0.4) is 0 Å². The van der Waals surface area contributed by atoms with Crippen LogP contribution in [0.25, 0.3) is 16.4 Å². The Hall–Kier alpha value is -3.82. The first kappa shape index (κ1) is 22.6. The van der Waals surface area contributed by atoms with Crippen molar-refractivity contribution < 1.29 is 4.39 Å². The molecule has 2 atom stereocenters. The van der Waals surface area contributed by atoms with Gasteiger partial charge in [0.05, 0.1) is 18.3 Å². The van der Waals surface area contributed by atoms with Gasteiger partial charge in [-0.2, -0.15) is 10.2 Å². The second kappa shape index (κ2) is 9.33. The van der Waals surface area contributed by atoms with Crippen LogP contribution in [-0.4, -0.2) is 48.4 Å². The number of nitrogens with one attached hydrogen (secondary N) is 1. The van der Waals surface area contributed by atoms with Crippen LogP contribution in [0.5, 0.6) is 0 Å². The minimum Gasteiger partial charge on any atom is -0.338 e. The van der Waals surface area contributed by atoms with Gasteiger partial charge in [-0.15, -0.1) is 0 Å². The number of nitrogens with two attached hydrogens (primary N) is 1. The van der Waals surface area contributed by atoms with Gasteiger partial charge in [-0.25, -0.2) is 13.9 Å². The SMILES string of the molecule is C[C@@H]1CN(Cc2ccn3ncnc(Nc4ccc5c(cnn5Cc5cccc(F)c5)c4)c23)CC[C@@H]1N. The second-order valence-corrected chi connectivity index (χ2v) is 9.74. The highest BCUT2D eigenvalue weighted by molar-refractivity contribution is 5.85. The highest BCUT2D eigenvalue weighted by Gasteiger charge is 2.24. The standard InChI is InChI=1S/C27H29FN8/c1-18-14-34(9-8-24(18)29)16-20-7-10-35-26(20)27(30-17-32-35)33-23-5-6-25-21(12-23)13-31-36(25)15-19-3-2-4-22(28)11-19/h2-7,10-13,17-18,24H,8-9,14-16,29H2,1H3,(H,30,32,33)/t18-,24+/m1/s1. The lowest BCUT2D eigenvalue weighted by atomic mass is 9.94. The highest BCUT2D eigenvalue weighted by atomic mass is 19.1. The van der Waals surface area contributed by atoms with Crippen LogP contribution in [0.4, 0.5) is 15.9 Å². The van der Waals surface area contributed by atoms with Crippen LogP contribution in [0.15, 0.2) is 67.3 Å². The minimum absolute atomic E-state index is 0.241. The van der Waals surface area contributed by atoms with Gasteiger partial charge in [-0.05, 0) is 66.4 Å². The first-order chi connectivity index (χ1) is 17.5. The van der Waals surface area contributed by atoms with Crippen molar-refractivity contribution >= 4 is 27.9 Å². The van der Waals surface area contributed by atoms with Crippen molar-refractivity contribution in [1.82, 2.24) is 29.3 Å². The van der Waals surface area contributed by atoms with E-state index in [-0.39, 0.29) is 11.9 Å². The number of nitrogens with zero attached hydrogens (tertiary/aromatic N) is 6. The third-order valence-corrected chi connectivity index (χ3v) is 7.11. The van der Waals surface area contributed by atoms with Crippen molar-refractivity contribution in [1.29, 1.82) is 0 Å². The molecule has 36 heavy (non-hydrogen) atoms. The second-order valence-electron chi connectivity index (χ2n) is 9.74. The van der Waals surface area contributed by atoms with Crippen molar-refractivity contribution in [2.45, 2.75) is 32.5 Å². The summed E-state index contributed by atoms with van der Waals surface area (Å²) in [6, 6.07) is 15.1. The molecule has 4 heterocycles. The normalized spacial score (nSPS) is 18.8. The molecule has 1 fully saturated rings. The fourth-order valence-corrected chi connectivity index (χ4v) is 5.11. The average molecular weight is 485 g/mol. The van der Waals surface area contributed by atoms with Gasteiger partial charge in [-0.3, -0.25) is 9.58 Å². The Balaban J connectivity index is 1.25. The average Bonchev–Trinajstić information content (AvgIpc) is 3.46. The van der Waals surface area contributed by atoms with Crippen molar-refractivity contribution in [2.24, 2.45) is 11.7 Å². The molecule has 0 radical (unpaired) electrons. The van der Waals surface area contributed by atoms with E-state index in [1.807, 2.05) is 39.8 Å². The molecule has 3 N–H and O–H groups in total. The maximum absolute atomic E-state index is 13.6. The molecule has 0 unspecified atom stereocenters. The highest BCUT2D eigenvalue weighted by Crippen LogP contribution is 2.27. The van der Waals surface area contributed by atoms with Crippen molar-refractivity contribution in [3.63, 3.8) is 0 Å². The predicted molar refractivity (Wildman–Crippen MR) is 139 cm³/mol. The van der Waals surface area contributed by atoms with Crippen LogP contribution in [0.1, 0.15) is 24.5 Å². The molecule has 0 bridgehead atoms. The van der Waals surface area contributed by atoms with Gasteiger partial charge in [0.1, 0.15) is 17.7 Å². The predicted octanol–water partition coefficient (Wildman–Crippen LogP) is 4.18. The molecular formula is C27H29FN8. The number of likely N-dealkylation sites (tertiary alicyclic amines) is 1. The molecule has 2 aromatic carbocycles. The molecule has 3 aromatic heterocycles. The first-order valence-electron chi connectivity index (χ1n) is 12.3. The molecule has 9 heteroatoms. The Morgan fingerprint density at radius 1 is 1.11 bits per heavy atom. The van der Waals surface area contributed by atoms with E-state index >= 15 is 0 Å². The molecule has 0 aliphatic carbocycles. The van der Waals surface area contributed by atoms with Gasteiger partial charge in [0.15, 0.2) is 5.82 Å². The van der Waals surface area contributed by atoms with Crippen LogP contribution >= 0.6 is 0 Å². The van der Waals surface area contributed by atoms with E-state index in [0.717, 1.165) is 59.5 Å². The molecule has 1 saturated heterocycles. The monoisotopic (exact) mass is 484 g/mol. The Labute approximate surface area is 208 Å². The molecule has 0 saturated carbocycles. The lowest BCUT2D eigenvalue weighted by Gasteiger charge is -2.35. The van der Waals surface area contributed by atoms with Gasteiger partial charge in [0.2, 0.25) is 0 Å². The summed E-state index contributed by atoms with van der Waals surface area (Å²) in [5.41, 5.74) is 11.1. The van der Waals surface area contributed by atoms with Crippen LogP contribution in [0, 0.1) is 11.7 Å². The first-order valence-corrected chi connectivity index (χ1v) is 12.3. The van der Waals surface area contributed by atoms with E-state index in [2.05, 4.69) is 44.5 Å². The molecule has 5 aromatic rings. The topological polar surface area (TPSA) is 89.3 Å². The van der Waals surface area contributed by atoms with Gasteiger partial charge in [0.25, 0.3) is 0 Å². The quantitative estimate of drug-likeness (QED) is 0.376. The fourth-order valence-electron chi connectivity index (χ4n) is 5.11. The lowest BCUT2D eigenvalue weighted by molar-refractivity contribution is 0.158. The Morgan fingerprint density at radius 2 is 2.03 bits per heavy atom. The zero-order valence-corrected chi connectivity index (χ0v) is 20.2. The number of halogens is 1. The Bertz CT molecular complexity index is 1520. The minimum atomic E-state index is -0.241. The number of aromatic nitrogens is 5. The fraction of sp³-hybridized carbons (Fsp3) is 0.296. The molecular weight excluding hydrogens is 455 g/mol. The van der Waals surface area contributed by atoms with Crippen LogP contribution in [0.2, 0.25) is 0 Å². The van der Waals surface area contributed by atoms with Gasteiger partial charge in [0, 0.05) is 36.4 Å². The van der Waals surface area contributed by atoms with Crippen molar-refractivity contribution in [3.05, 3.63) is 84.2 Å². The third-order valence-electron chi connectivity index (χ3n) is 7.11. The molecule has 6 rings (SSSR count). The van der Waals surface area contributed by atoms with E-state index < -0.39 is 0 Å². The Morgan fingerprint density at radius 3 is 2.89 bits per heavy atom. The summed E-state index contributed by atoms with van der Waals surface area (Å²) in [6.45, 7) is 5.55. The molecule has 1 aliphatic rings. The van der Waals surface area contributed by atoms with Gasteiger partial charge < -0.3 is 11.1 Å². The number of fused-ring (bicyclic) bond motifs is 2. The lowest BCUT2D eigenvalue weighted by Crippen LogP contribution is -2.45. The summed E-state index contributed by atoms with van der Waals surface area (Å²) in [7, 11) is 0. The summed E-state index contributed by atoms with van der Waals surface area (Å²) in [6.07, 6.45) is 6.40. The van der Waals surface area contributed by atoms with Gasteiger partial charge in [-0.1, -0.05) is 19.1 Å².